The highest BCUT2D eigenvalue weighted by Crippen LogP contribution is 2.31. The molecule has 4 rings (SSSR count). The molecule has 3 aromatic rings. The molecule has 0 aliphatic carbocycles. The minimum Gasteiger partial charge on any atom is -0.454 e. The number of likely N-dealkylation sites (N-methyl/N-ethyl adjacent to an activating group) is 1. The molecule has 0 radical (unpaired) electrons. The first-order chi connectivity index (χ1) is 17.2. The lowest BCUT2D eigenvalue weighted by molar-refractivity contribution is -0.135. The number of para-hydroxylation sites is 1. The third-order valence-electron chi connectivity index (χ3n) is 6.03. The Morgan fingerprint density at radius 2 is 1.72 bits per heavy atom. The highest BCUT2D eigenvalue weighted by atomic mass is 79.9. The standard InChI is InChI=1S/C26H25Br2FN2O4S/c1-30(17-18-6-2-3-8-24(18)35-25-14-11-20(28)16-22(25)29)26(32)23-7-4-5-15-31(23)36(33,34)21-12-9-19(27)10-13-21/h2-3,6,8-14,16,23H,4-5,7,15,17H2,1H3. The zero-order valence-electron chi connectivity index (χ0n) is 19.5. The third kappa shape index (κ3) is 5.99. The van der Waals surface area contributed by atoms with E-state index in [1.807, 2.05) is 6.07 Å². The van der Waals surface area contributed by atoms with E-state index >= 15 is 0 Å². The van der Waals surface area contributed by atoms with Crippen LogP contribution in [0.5, 0.6) is 11.5 Å². The maximum atomic E-state index is 14.3. The highest BCUT2D eigenvalue weighted by molar-refractivity contribution is 9.10. The van der Waals surface area contributed by atoms with Gasteiger partial charge in [-0.15, -0.1) is 0 Å². The second kappa shape index (κ2) is 11.4. The lowest BCUT2D eigenvalue weighted by atomic mass is 10.0. The fourth-order valence-corrected chi connectivity index (χ4v) is 6.43. The molecule has 10 heteroatoms. The Labute approximate surface area is 227 Å². The predicted molar refractivity (Wildman–Crippen MR) is 143 cm³/mol. The quantitative estimate of drug-likeness (QED) is 0.302. The van der Waals surface area contributed by atoms with Crippen molar-refractivity contribution in [3.63, 3.8) is 0 Å². The van der Waals surface area contributed by atoms with Crippen LogP contribution in [0.25, 0.3) is 0 Å². The molecule has 0 bridgehead atoms. The average molecular weight is 640 g/mol. The Hall–Kier alpha value is -2.27. The van der Waals surface area contributed by atoms with Crippen LogP contribution in [0.15, 0.2) is 80.6 Å². The van der Waals surface area contributed by atoms with Crippen LogP contribution in [0.4, 0.5) is 4.39 Å². The van der Waals surface area contributed by atoms with E-state index in [0.29, 0.717) is 28.6 Å². The molecule has 1 amide bonds. The van der Waals surface area contributed by atoms with Crippen molar-refractivity contribution in [3.05, 3.63) is 87.1 Å². The van der Waals surface area contributed by atoms with E-state index in [0.717, 1.165) is 10.9 Å². The molecule has 1 fully saturated rings. The molecule has 1 saturated heterocycles. The van der Waals surface area contributed by atoms with Gasteiger partial charge in [0.2, 0.25) is 15.9 Å². The summed E-state index contributed by atoms with van der Waals surface area (Å²) in [6, 6.07) is 17.2. The Morgan fingerprint density at radius 3 is 2.44 bits per heavy atom. The Morgan fingerprint density at radius 1 is 1.03 bits per heavy atom. The summed E-state index contributed by atoms with van der Waals surface area (Å²) in [5, 5.41) is 0. The number of sulfonamides is 1. The number of ether oxygens (including phenoxy) is 1. The molecule has 1 heterocycles. The van der Waals surface area contributed by atoms with Gasteiger partial charge in [0.25, 0.3) is 0 Å². The third-order valence-corrected chi connectivity index (χ3v) is 8.97. The Balaban J connectivity index is 1.54. The van der Waals surface area contributed by atoms with Gasteiger partial charge >= 0.3 is 0 Å². The predicted octanol–water partition coefficient (Wildman–Crippen LogP) is 6.34. The molecule has 36 heavy (non-hydrogen) atoms. The van der Waals surface area contributed by atoms with Crippen molar-refractivity contribution in [2.24, 2.45) is 0 Å². The van der Waals surface area contributed by atoms with Gasteiger partial charge in [-0.3, -0.25) is 4.79 Å². The van der Waals surface area contributed by atoms with Crippen LogP contribution in [-0.2, 0) is 21.4 Å². The molecular formula is C26H25Br2FN2O4S. The molecule has 6 nitrogen and oxygen atoms in total. The number of benzene rings is 3. The molecular weight excluding hydrogens is 615 g/mol. The van der Waals surface area contributed by atoms with Crippen molar-refractivity contribution in [3.8, 4) is 11.5 Å². The normalized spacial score (nSPS) is 16.5. The van der Waals surface area contributed by atoms with E-state index in [9.17, 15) is 17.6 Å². The van der Waals surface area contributed by atoms with Crippen molar-refractivity contribution >= 4 is 47.8 Å². The van der Waals surface area contributed by atoms with Crippen LogP contribution in [0.3, 0.4) is 0 Å². The van der Waals surface area contributed by atoms with Gasteiger partial charge in [0, 0.05) is 34.6 Å². The number of hydrogen-bond acceptors (Lipinski definition) is 4. The molecule has 0 aromatic heterocycles. The number of hydrogen-bond donors (Lipinski definition) is 0. The topological polar surface area (TPSA) is 66.9 Å². The number of carbonyl (C=O) groups excluding carboxylic acids is 1. The van der Waals surface area contributed by atoms with Gasteiger partial charge < -0.3 is 9.64 Å². The first kappa shape index (κ1) is 26.8. The zero-order chi connectivity index (χ0) is 25.9. The number of rotatable bonds is 7. The van der Waals surface area contributed by atoms with Crippen LogP contribution in [-0.4, -0.2) is 43.2 Å². The molecule has 1 aliphatic heterocycles. The number of piperidine rings is 1. The summed E-state index contributed by atoms with van der Waals surface area (Å²) in [7, 11) is -2.20. The summed E-state index contributed by atoms with van der Waals surface area (Å²) in [6.07, 6.45) is 1.90. The van der Waals surface area contributed by atoms with Gasteiger partial charge in [-0.05, 0) is 61.4 Å². The highest BCUT2D eigenvalue weighted by Gasteiger charge is 2.38. The maximum Gasteiger partial charge on any atom is 0.243 e. The van der Waals surface area contributed by atoms with Crippen molar-refractivity contribution in [2.45, 2.75) is 36.7 Å². The summed E-state index contributed by atoms with van der Waals surface area (Å²) in [6.45, 7) is 0.459. The fourth-order valence-electron chi connectivity index (χ4n) is 4.18. The van der Waals surface area contributed by atoms with E-state index in [2.05, 4.69) is 31.9 Å². The van der Waals surface area contributed by atoms with E-state index in [1.54, 1.807) is 43.4 Å². The van der Waals surface area contributed by atoms with Gasteiger partial charge in [-0.2, -0.15) is 4.31 Å². The summed E-state index contributed by atoms with van der Waals surface area (Å²) >= 11 is 6.56. The SMILES string of the molecule is CN(Cc1ccccc1Oc1ccc(Br)cc1F)C(=O)C1CCCCN1S(=O)(=O)c1ccc(Br)cc1. The van der Waals surface area contributed by atoms with Crippen LogP contribution in [0.1, 0.15) is 24.8 Å². The van der Waals surface area contributed by atoms with Crippen molar-refractivity contribution in [2.75, 3.05) is 13.6 Å². The number of nitrogens with zero attached hydrogens (tertiary/aromatic N) is 2. The first-order valence-corrected chi connectivity index (χ1v) is 14.4. The van der Waals surface area contributed by atoms with E-state index in [1.165, 1.54) is 33.5 Å². The van der Waals surface area contributed by atoms with Crippen molar-refractivity contribution in [1.82, 2.24) is 9.21 Å². The molecule has 1 atom stereocenters. The monoisotopic (exact) mass is 638 g/mol. The molecule has 0 N–H and O–H groups in total. The molecule has 1 aliphatic rings. The molecule has 1 unspecified atom stereocenters. The number of amides is 1. The van der Waals surface area contributed by atoms with Crippen molar-refractivity contribution in [1.29, 1.82) is 0 Å². The Kier molecular flexibility index (Phi) is 8.49. The van der Waals surface area contributed by atoms with E-state index in [-0.39, 0.29) is 29.6 Å². The van der Waals surface area contributed by atoms with Crippen molar-refractivity contribution < 1.29 is 22.3 Å². The lowest BCUT2D eigenvalue weighted by Gasteiger charge is -2.36. The van der Waals surface area contributed by atoms with Gasteiger partial charge in [0.1, 0.15) is 11.8 Å². The van der Waals surface area contributed by atoms with Crippen LogP contribution < -0.4 is 4.74 Å². The van der Waals surface area contributed by atoms with Crippen LogP contribution in [0.2, 0.25) is 0 Å². The summed E-state index contributed by atoms with van der Waals surface area (Å²) < 4.78 is 49.6. The zero-order valence-corrected chi connectivity index (χ0v) is 23.5. The van der Waals surface area contributed by atoms with Crippen LogP contribution >= 0.6 is 31.9 Å². The number of halogens is 3. The second-order valence-electron chi connectivity index (χ2n) is 8.56. The molecule has 0 saturated carbocycles. The van der Waals surface area contributed by atoms with E-state index < -0.39 is 21.9 Å². The van der Waals surface area contributed by atoms with Crippen LogP contribution in [0, 0.1) is 5.82 Å². The smallest absolute Gasteiger partial charge is 0.243 e. The molecule has 190 valence electrons. The fraction of sp³-hybridized carbons (Fsp3) is 0.269. The summed E-state index contributed by atoms with van der Waals surface area (Å²) in [5.74, 6) is -0.320. The number of carbonyl (C=O) groups is 1. The van der Waals surface area contributed by atoms with Gasteiger partial charge in [-0.1, -0.05) is 56.5 Å². The van der Waals surface area contributed by atoms with Gasteiger partial charge in [-0.25, -0.2) is 12.8 Å². The van der Waals surface area contributed by atoms with Gasteiger partial charge in [0.05, 0.1) is 4.90 Å². The average Bonchev–Trinajstić information content (AvgIpc) is 2.86. The second-order valence-corrected chi connectivity index (χ2v) is 12.3. The van der Waals surface area contributed by atoms with E-state index in [4.69, 9.17) is 4.74 Å². The maximum absolute atomic E-state index is 14.3. The summed E-state index contributed by atoms with van der Waals surface area (Å²) in [5.41, 5.74) is 0.675. The minimum atomic E-state index is -3.84. The summed E-state index contributed by atoms with van der Waals surface area (Å²) in [4.78, 5) is 15.2. The largest absolute Gasteiger partial charge is 0.454 e. The first-order valence-electron chi connectivity index (χ1n) is 11.4. The minimum absolute atomic E-state index is 0.0682. The lowest BCUT2D eigenvalue weighted by Crippen LogP contribution is -2.52. The Bertz CT molecular complexity index is 1350. The molecule has 3 aromatic carbocycles. The van der Waals surface area contributed by atoms with Gasteiger partial charge in [0.15, 0.2) is 11.6 Å². The molecule has 0 spiro atoms.